The Labute approximate surface area is 71.7 Å². The second kappa shape index (κ2) is 4.58. The summed E-state index contributed by atoms with van der Waals surface area (Å²) in [5.41, 5.74) is 1.84. The quantitative estimate of drug-likeness (QED) is 0.521. The summed E-state index contributed by atoms with van der Waals surface area (Å²) in [6.45, 7) is 13.0. The van der Waals surface area contributed by atoms with Crippen LogP contribution in [-0.2, 0) is 0 Å². The fourth-order valence-corrected chi connectivity index (χ4v) is 1.72. The highest BCUT2D eigenvalue weighted by molar-refractivity contribution is 4.94. The standard InChI is InChI=1S/C11H22/c1-6-8-11(5,7-2)9-10(3)4/h3,6-9H2,1-2,4-5H3. The molecule has 0 saturated heterocycles. The Morgan fingerprint density at radius 3 is 2.18 bits per heavy atom. The van der Waals surface area contributed by atoms with Gasteiger partial charge >= 0.3 is 0 Å². The van der Waals surface area contributed by atoms with Gasteiger partial charge in [0.25, 0.3) is 0 Å². The van der Waals surface area contributed by atoms with Crippen LogP contribution in [0.5, 0.6) is 0 Å². The van der Waals surface area contributed by atoms with Gasteiger partial charge in [-0.3, -0.25) is 0 Å². The third-order valence-electron chi connectivity index (χ3n) is 2.44. The molecular weight excluding hydrogens is 132 g/mol. The molecule has 0 aromatic heterocycles. The van der Waals surface area contributed by atoms with E-state index in [-0.39, 0.29) is 0 Å². The molecule has 0 heteroatoms. The molecule has 0 heterocycles. The van der Waals surface area contributed by atoms with Crippen LogP contribution in [0.1, 0.15) is 53.4 Å². The van der Waals surface area contributed by atoms with E-state index in [2.05, 4.69) is 34.3 Å². The molecule has 0 radical (unpaired) electrons. The fraction of sp³-hybridized carbons (Fsp3) is 0.818. The van der Waals surface area contributed by atoms with E-state index in [0.717, 1.165) is 0 Å². The van der Waals surface area contributed by atoms with Gasteiger partial charge in [-0.05, 0) is 25.2 Å². The highest BCUT2D eigenvalue weighted by Gasteiger charge is 2.20. The van der Waals surface area contributed by atoms with Crippen molar-refractivity contribution in [1.29, 1.82) is 0 Å². The van der Waals surface area contributed by atoms with Crippen molar-refractivity contribution in [2.45, 2.75) is 53.4 Å². The molecule has 0 amide bonds. The first kappa shape index (κ1) is 10.7. The van der Waals surface area contributed by atoms with Gasteiger partial charge in [-0.1, -0.05) is 39.2 Å². The molecule has 0 fully saturated rings. The largest absolute Gasteiger partial charge is 0.100 e. The number of allylic oxidation sites excluding steroid dienone is 1. The fourth-order valence-electron chi connectivity index (χ4n) is 1.72. The van der Waals surface area contributed by atoms with Crippen molar-refractivity contribution in [2.24, 2.45) is 5.41 Å². The van der Waals surface area contributed by atoms with Crippen molar-refractivity contribution in [3.05, 3.63) is 12.2 Å². The van der Waals surface area contributed by atoms with Gasteiger partial charge in [0, 0.05) is 0 Å². The average Bonchev–Trinajstić information content (AvgIpc) is 1.87. The Bertz CT molecular complexity index is 124. The van der Waals surface area contributed by atoms with Crippen molar-refractivity contribution in [3.63, 3.8) is 0 Å². The molecule has 1 atom stereocenters. The van der Waals surface area contributed by atoms with Gasteiger partial charge in [-0.15, -0.1) is 6.58 Å². The molecule has 1 unspecified atom stereocenters. The van der Waals surface area contributed by atoms with Crippen LogP contribution < -0.4 is 0 Å². The summed E-state index contributed by atoms with van der Waals surface area (Å²) in [5.74, 6) is 0. The van der Waals surface area contributed by atoms with E-state index < -0.39 is 0 Å². The van der Waals surface area contributed by atoms with Crippen LogP contribution >= 0.6 is 0 Å². The van der Waals surface area contributed by atoms with Crippen molar-refractivity contribution in [2.75, 3.05) is 0 Å². The first-order chi connectivity index (χ1) is 5.04. The smallest absolute Gasteiger partial charge is 0.0272 e. The molecule has 0 saturated carbocycles. The van der Waals surface area contributed by atoms with E-state index in [1.54, 1.807) is 0 Å². The summed E-state index contributed by atoms with van der Waals surface area (Å²) in [6, 6.07) is 0. The summed E-state index contributed by atoms with van der Waals surface area (Å²) in [6.07, 6.45) is 5.08. The lowest BCUT2D eigenvalue weighted by Gasteiger charge is -2.27. The zero-order valence-corrected chi connectivity index (χ0v) is 8.54. The average molecular weight is 154 g/mol. The topological polar surface area (TPSA) is 0 Å². The minimum absolute atomic E-state index is 0.514. The van der Waals surface area contributed by atoms with Gasteiger partial charge in [-0.25, -0.2) is 0 Å². The summed E-state index contributed by atoms with van der Waals surface area (Å²) in [7, 11) is 0. The third-order valence-corrected chi connectivity index (χ3v) is 2.44. The highest BCUT2D eigenvalue weighted by atomic mass is 14.2. The zero-order valence-electron chi connectivity index (χ0n) is 8.54. The van der Waals surface area contributed by atoms with E-state index >= 15 is 0 Å². The van der Waals surface area contributed by atoms with Gasteiger partial charge in [0.15, 0.2) is 0 Å². The van der Waals surface area contributed by atoms with Gasteiger partial charge in [-0.2, -0.15) is 0 Å². The SMILES string of the molecule is C=C(C)CC(C)(CC)CCC. The molecule has 0 aromatic carbocycles. The lowest BCUT2D eigenvalue weighted by Crippen LogP contribution is -2.14. The maximum absolute atomic E-state index is 3.97. The zero-order chi connectivity index (χ0) is 8.91. The minimum Gasteiger partial charge on any atom is -0.100 e. The minimum atomic E-state index is 0.514. The van der Waals surface area contributed by atoms with Crippen LogP contribution in [0.4, 0.5) is 0 Å². The summed E-state index contributed by atoms with van der Waals surface area (Å²) < 4.78 is 0. The normalized spacial score (nSPS) is 16.0. The van der Waals surface area contributed by atoms with Crippen LogP contribution in [-0.4, -0.2) is 0 Å². The summed E-state index contributed by atoms with van der Waals surface area (Å²) in [5, 5.41) is 0. The first-order valence-corrected chi connectivity index (χ1v) is 4.68. The molecule has 0 bridgehead atoms. The number of hydrogen-bond acceptors (Lipinski definition) is 0. The maximum Gasteiger partial charge on any atom is -0.0272 e. The lowest BCUT2D eigenvalue weighted by atomic mass is 9.78. The molecule has 0 aliphatic heterocycles. The van der Waals surface area contributed by atoms with E-state index in [9.17, 15) is 0 Å². The molecule has 0 aliphatic carbocycles. The van der Waals surface area contributed by atoms with Crippen molar-refractivity contribution in [3.8, 4) is 0 Å². The Balaban J connectivity index is 3.98. The lowest BCUT2D eigenvalue weighted by molar-refractivity contribution is 0.279. The molecule has 66 valence electrons. The van der Waals surface area contributed by atoms with E-state index in [4.69, 9.17) is 0 Å². The predicted octanol–water partition coefficient (Wildman–Crippen LogP) is 4.17. The Hall–Kier alpha value is -0.260. The molecular formula is C11H22. The maximum atomic E-state index is 3.97. The summed E-state index contributed by atoms with van der Waals surface area (Å²) >= 11 is 0. The molecule has 11 heavy (non-hydrogen) atoms. The van der Waals surface area contributed by atoms with Crippen LogP contribution in [0.2, 0.25) is 0 Å². The van der Waals surface area contributed by atoms with Gasteiger partial charge in [0.05, 0.1) is 0 Å². The van der Waals surface area contributed by atoms with Crippen LogP contribution in [0, 0.1) is 5.41 Å². The van der Waals surface area contributed by atoms with E-state index in [0.29, 0.717) is 5.41 Å². The number of hydrogen-bond donors (Lipinski definition) is 0. The van der Waals surface area contributed by atoms with Crippen LogP contribution in [0.25, 0.3) is 0 Å². The monoisotopic (exact) mass is 154 g/mol. The van der Waals surface area contributed by atoms with E-state index in [1.807, 2.05) is 0 Å². The second-order valence-corrected chi connectivity index (χ2v) is 4.05. The molecule has 0 aliphatic rings. The molecule has 0 aromatic rings. The molecule has 0 N–H and O–H groups in total. The Morgan fingerprint density at radius 1 is 1.36 bits per heavy atom. The second-order valence-electron chi connectivity index (χ2n) is 4.05. The van der Waals surface area contributed by atoms with Gasteiger partial charge in [0.2, 0.25) is 0 Å². The van der Waals surface area contributed by atoms with Crippen molar-refractivity contribution in [1.82, 2.24) is 0 Å². The van der Waals surface area contributed by atoms with Gasteiger partial charge in [0.1, 0.15) is 0 Å². The molecule has 0 rings (SSSR count). The van der Waals surface area contributed by atoms with Crippen LogP contribution in [0.3, 0.4) is 0 Å². The summed E-state index contributed by atoms with van der Waals surface area (Å²) in [4.78, 5) is 0. The molecule has 0 nitrogen and oxygen atoms in total. The Morgan fingerprint density at radius 2 is 1.91 bits per heavy atom. The predicted molar refractivity (Wildman–Crippen MR) is 52.7 cm³/mol. The first-order valence-electron chi connectivity index (χ1n) is 4.68. The molecule has 0 spiro atoms. The third kappa shape index (κ3) is 4.23. The van der Waals surface area contributed by atoms with Crippen molar-refractivity contribution >= 4 is 0 Å². The van der Waals surface area contributed by atoms with Gasteiger partial charge < -0.3 is 0 Å². The van der Waals surface area contributed by atoms with Crippen molar-refractivity contribution < 1.29 is 0 Å². The Kier molecular flexibility index (Phi) is 4.48. The van der Waals surface area contributed by atoms with Crippen LogP contribution in [0.15, 0.2) is 12.2 Å². The van der Waals surface area contributed by atoms with E-state index in [1.165, 1.54) is 31.3 Å². The highest BCUT2D eigenvalue weighted by Crippen LogP contribution is 2.33. The number of rotatable bonds is 5.